The Hall–Kier alpha value is -3.54. The maximum absolute atomic E-state index is 15.0. The predicted molar refractivity (Wildman–Crippen MR) is 114 cm³/mol. The number of nitrogens with two attached hydrogens (primary N) is 1. The molecule has 4 rings (SSSR count). The van der Waals surface area contributed by atoms with Gasteiger partial charge in [-0.3, -0.25) is 9.59 Å². The average Bonchev–Trinajstić information content (AvgIpc) is 3.53. The van der Waals surface area contributed by atoms with Crippen molar-refractivity contribution in [3.05, 3.63) is 33.9 Å². The van der Waals surface area contributed by atoms with Crippen LogP contribution >= 0.6 is 0 Å². The Morgan fingerprint density at radius 2 is 2.16 bits per heavy atom. The van der Waals surface area contributed by atoms with Crippen molar-refractivity contribution < 1.29 is 29.0 Å². The third-order valence-electron chi connectivity index (χ3n) is 5.64. The number of nitrogens with zero attached hydrogens (tertiary/aromatic N) is 4. The molecule has 1 saturated heterocycles. The molecule has 0 spiro atoms. The van der Waals surface area contributed by atoms with Crippen LogP contribution in [-0.2, 0) is 9.63 Å². The van der Waals surface area contributed by atoms with Gasteiger partial charge in [0.1, 0.15) is 18.3 Å². The number of fused-ring (bicyclic) bond motifs is 1. The fourth-order valence-corrected chi connectivity index (χ4v) is 3.76. The topological polar surface area (TPSA) is 160 Å². The van der Waals surface area contributed by atoms with Crippen LogP contribution < -0.4 is 16.1 Å². The van der Waals surface area contributed by atoms with Crippen LogP contribution in [0.3, 0.4) is 0 Å². The number of carboxylic acids is 1. The third-order valence-corrected chi connectivity index (χ3v) is 5.64. The number of aromatic carboxylic acids is 1. The Balaban J connectivity index is 0.000000913. The Morgan fingerprint density at radius 3 is 2.69 bits per heavy atom. The van der Waals surface area contributed by atoms with Crippen molar-refractivity contribution in [3.63, 3.8) is 0 Å². The number of halogens is 1. The highest BCUT2D eigenvalue weighted by molar-refractivity contribution is 5.97. The third kappa shape index (κ3) is 4.13. The van der Waals surface area contributed by atoms with Gasteiger partial charge in [0, 0.05) is 30.7 Å². The molecule has 0 bridgehead atoms. The Labute approximate surface area is 181 Å². The number of hydrogen-bond acceptors (Lipinski definition) is 8. The fourth-order valence-electron chi connectivity index (χ4n) is 3.76. The molecular weight excluding hydrogens is 425 g/mol. The minimum Gasteiger partial charge on any atom is -0.483 e. The van der Waals surface area contributed by atoms with Gasteiger partial charge in [0.05, 0.1) is 17.6 Å². The largest absolute Gasteiger partial charge is 0.483 e. The van der Waals surface area contributed by atoms with E-state index in [0.29, 0.717) is 18.8 Å². The number of hydrogen-bond donors (Lipinski definition) is 3. The Morgan fingerprint density at radius 1 is 1.50 bits per heavy atom. The number of carbonyl (C=O) groups is 2. The van der Waals surface area contributed by atoms with Crippen LogP contribution in [0.15, 0.2) is 22.2 Å². The molecule has 2 fully saturated rings. The van der Waals surface area contributed by atoms with Crippen LogP contribution in [0.2, 0.25) is 0 Å². The van der Waals surface area contributed by atoms with Gasteiger partial charge in [0.15, 0.2) is 11.6 Å². The van der Waals surface area contributed by atoms with Crippen molar-refractivity contribution in [2.75, 3.05) is 31.6 Å². The Kier molecular flexibility index (Phi) is 6.44. The van der Waals surface area contributed by atoms with Gasteiger partial charge >= 0.3 is 5.97 Å². The minimum atomic E-state index is -1.34. The number of oxime groups is 1. The van der Waals surface area contributed by atoms with Gasteiger partial charge in [-0.2, -0.15) is 0 Å². The van der Waals surface area contributed by atoms with Gasteiger partial charge in [-0.1, -0.05) is 12.1 Å². The fraction of sp³-hybridized carbons (Fsp3) is 0.450. The Bertz CT molecular complexity index is 1150. The van der Waals surface area contributed by atoms with Crippen molar-refractivity contribution in [2.45, 2.75) is 25.8 Å². The summed E-state index contributed by atoms with van der Waals surface area (Å²) in [5.41, 5.74) is 5.26. The summed E-state index contributed by atoms with van der Waals surface area (Å²) in [6, 6.07) is 1.14. The van der Waals surface area contributed by atoms with Crippen molar-refractivity contribution >= 4 is 35.0 Å². The van der Waals surface area contributed by atoms with Crippen molar-refractivity contribution in [3.8, 4) is 0 Å². The molecular formula is C20H24FN5O6. The summed E-state index contributed by atoms with van der Waals surface area (Å²) in [5, 5.41) is 20.2. The second-order valence-electron chi connectivity index (χ2n) is 7.93. The van der Waals surface area contributed by atoms with Crippen LogP contribution in [0, 0.1) is 11.2 Å². The lowest BCUT2D eigenvalue weighted by molar-refractivity contribution is -0.122. The van der Waals surface area contributed by atoms with Gasteiger partial charge in [-0.25, -0.2) is 14.2 Å². The molecule has 1 atom stereocenters. The van der Waals surface area contributed by atoms with Crippen LogP contribution in [0.4, 0.5) is 10.2 Å². The molecule has 4 N–H and O–H groups in total. The van der Waals surface area contributed by atoms with E-state index in [1.54, 1.807) is 9.47 Å². The molecule has 11 nitrogen and oxygen atoms in total. The van der Waals surface area contributed by atoms with E-state index in [2.05, 4.69) is 10.1 Å². The molecule has 0 unspecified atom stereocenters. The first-order chi connectivity index (χ1) is 15.2. The van der Waals surface area contributed by atoms with Crippen molar-refractivity contribution in [1.29, 1.82) is 0 Å². The standard InChI is InChI=1S/C19H22FN5O4.CH2O2/c1-19(8-21)9-24(7-14(19)23-29-2)17-13(20)5-11-15(26)12(18(27)28)6-25(10-3-4-10)16(11)22-17;2-1-3/h5-6,10H,3-4,7-9,21H2,1-2H3,(H,27,28);1H,(H,2,3)/b23-14-;/t19-;/m1./s1. The molecule has 12 heteroatoms. The van der Waals surface area contributed by atoms with E-state index >= 15 is 0 Å². The van der Waals surface area contributed by atoms with E-state index in [4.69, 9.17) is 20.5 Å². The van der Waals surface area contributed by atoms with E-state index in [1.165, 1.54) is 13.3 Å². The van der Waals surface area contributed by atoms with Crippen molar-refractivity contribution in [1.82, 2.24) is 9.55 Å². The molecule has 0 amide bonds. The zero-order valence-corrected chi connectivity index (χ0v) is 17.6. The highest BCUT2D eigenvalue weighted by Gasteiger charge is 2.41. The molecule has 172 valence electrons. The molecule has 2 aromatic rings. The molecule has 1 aliphatic heterocycles. The van der Waals surface area contributed by atoms with Crippen LogP contribution in [-0.4, -0.2) is 64.7 Å². The van der Waals surface area contributed by atoms with Crippen molar-refractivity contribution in [2.24, 2.45) is 16.3 Å². The summed E-state index contributed by atoms with van der Waals surface area (Å²) < 4.78 is 16.7. The van der Waals surface area contributed by atoms with Crippen LogP contribution in [0.25, 0.3) is 11.0 Å². The number of anilines is 1. The van der Waals surface area contributed by atoms with E-state index in [0.717, 1.165) is 18.9 Å². The van der Waals surface area contributed by atoms with Crippen LogP contribution in [0.5, 0.6) is 0 Å². The second-order valence-corrected chi connectivity index (χ2v) is 7.93. The summed E-state index contributed by atoms with van der Waals surface area (Å²) in [6.07, 6.45) is 3.02. The highest BCUT2D eigenvalue weighted by Crippen LogP contribution is 2.38. The molecule has 0 aromatic carbocycles. The van der Waals surface area contributed by atoms with Gasteiger partial charge < -0.3 is 30.3 Å². The van der Waals surface area contributed by atoms with Gasteiger partial charge in [0.2, 0.25) is 5.43 Å². The van der Waals surface area contributed by atoms with Gasteiger partial charge in [-0.15, -0.1) is 0 Å². The monoisotopic (exact) mass is 449 g/mol. The van der Waals surface area contributed by atoms with Gasteiger partial charge in [0.25, 0.3) is 6.47 Å². The predicted octanol–water partition coefficient (Wildman–Crippen LogP) is 1.06. The average molecular weight is 449 g/mol. The lowest BCUT2D eigenvalue weighted by atomic mass is 9.88. The summed E-state index contributed by atoms with van der Waals surface area (Å²) >= 11 is 0. The normalized spacial score (nSPS) is 21.4. The van der Waals surface area contributed by atoms with E-state index < -0.39 is 22.6 Å². The summed E-state index contributed by atoms with van der Waals surface area (Å²) in [7, 11) is 1.44. The molecule has 2 aromatic heterocycles. The lowest BCUT2D eigenvalue weighted by Crippen LogP contribution is -2.36. The number of aromatic nitrogens is 2. The SMILES string of the molecule is CO/N=C1/CN(c2nc3c(cc2F)c(=O)c(C(=O)O)cn3C2CC2)C[C@@]1(C)CN.O=CO. The molecule has 1 aliphatic carbocycles. The van der Waals surface area contributed by atoms with Gasteiger partial charge in [-0.05, 0) is 18.9 Å². The minimum absolute atomic E-state index is 0.0374. The zero-order chi connectivity index (χ0) is 23.6. The quantitative estimate of drug-likeness (QED) is 0.448. The maximum atomic E-state index is 15.0. The molecule has 2 aliphatic rings. The number of rotatable bonds is 5. The first-order valence-electron chi connectivity index (χ1n) is 9.82. The number of pyridine rings is 2. The summed E-state index contributed by atoms with van der Waals surface area (Å²) in [4.78, 5) is 43.5. The summed E-state index contributed by atoms with van der Waals surface area (Å²) in [6.45, 7) is 2.65. The first kappa shape index (κ1) is 23.1. The highest BCUT2D eigenvalue weighted by atomic mass is 19.1. The molecule has 0 radical (unpaired) electrons. The summed E-state index contributed by atoms with van der Waals surface area (Å²) in [5.74, 6) is -1.96. The van der Waals surface area contributed by atoms with E-state index in [9.17, 15) is 19.1 Å². The molecule has 3 heterocycles. The van der Waals surface area contributed by atoms with Crippen LogP contribution in [0.1, 0.15) is 36.2 Å². The zero-order valence-electron chi connectivity index (χ0n) is 17.6. The molecule has 1 saturated carbocycles. The smallest absolute Gasteiger partial charge is 0.341 e. The maximum Gasteiger partial charge on any atom is 0.341 e. The lowest BCUT2D eigenvalue weighted by Gasteiger charge is -2.23. The first-order valence-corrected chi connectivity index (χ1v) is 9.82. The number of carboxylic acid groups (broad SMARTS) is 2. The second kappa shape index (κ2) is 8.91. The van der Waals surface area contributed by atoms with E-state index in [-0.39, 0.29) is 41.5 Å². The van der Waals surface area contributed by atoms with E-state index in [1.807, 2.05) is 6.92 Å². The molecule has 32 heavy (non-hydrogen) atoms.